The third-order valence-electron chi connectivity index (χ3n) is 3.39. The minimum Gasteiger partial charge on any atom is -0.493 e. The highest BCUT2D eigenvalue weighted by Crippen LogP contribution is 2.28. The first-order valence-electron chi connectivity index (χ1n) is 7.57. The average molecular weight is 358 g/mol. The first-order chi connectivity index (χ1) is 12.4. The van der Waals surface area contributed by atoms with Crippen LogP contribution in [0.15, 0.2) is 47.6 Å². The molecule has 26 heavy (non-hydrogen) atoms. The average Bonchev–Trinajstić information content (AvgIpc) is 2.64. The van der Waals surface area contributed by atoms with Crippen molar-refractivity contribution in [1.82, 2.24) is 0 Å². The van der Waals surface area contributed by atoms with Crippen molar-refractivity contribution in [1.29, 1.82) is 0 Å². The Kier molecular flexibility index (Phi) is 6.15. The van der Waals surface area contributed by atoms with Gasteiger partial charge in [-0.3, -0.25) is 5.43 Å². The van der Waals surface area contributed by atoms with Gasteiger partial charge in [0.2, 0.25) is 0 Å². The molecular formula is C18H18N2O6. The van der Waals surface area contributed by atoms with Crippen molar-refractivity contribution in [3.63, 3.8) is 0 Å². The summed E-state index contributed by atoms with van der Waals surface area (Å²) in [5, 5.41) is 21.9. The van der Waals surface area contributed by atoms with E-state index in [2.05, 4.69) is 10.5 Å². The van der Waals surface area contributed by atoms with Crippen molar-refractivity contribution in [2.75, 3.05) is 19.1 Å². The Balaban J connectivity index is 2.16. The van der Waals surface area contributed by atoms with E-state index < -0.39 is 18.5 Å². The van der Waals surface area contributed by atoms with Crippen molar-refractivity contribution in [2.45, 2.75) is 6.92 Å². The van der Waals surface area contributed by atoms with Crippen LogP contribution in [0.3, 0.4) is 0 Å². The van der Waals surface area contributed by atoms with Crippen LogP contribution in [-0.4, -0.2) is 41.6 Å². The van der Waals surface area contributed by atoms with Crippen molar-refractivity contribution in [3.8, 4) is 11.5 Å². The van der Waals surface area contributed by atoms with Gasteiger partial charge in [-0.2, -0.15) is 5.10 Å². The SMILES string of the molecule is COc1cc(/C(C)=N/Nc2cccc(C(=O)O)c2)ccc1OCC(=O)O. The van der Waals surface area contributed by atoms with Crippen molar-refractivity contribution in [2.24, 2.45) is 5.10 Å². The van der Waals surface area contributed by atoms with Gasteiger partial charge in [0.15, 0.2) is 18.1 Å². The Hall–Kier alpha value is -3.55. The molecule has 0 aliphatic rings. The summed E-state index contributed by atoms with van der Waals surface area (Å²) in [6, 6.07) is 11.3. The minimum atomic E-state index is -1.08. The number of hydrogen-bond donors (Lipinski definition) is 3. The smallest absolute Gasteiger partial charge is 0.341 e. The Labute approximate surface area is 149 Å². The summed E-state index contributed by atoms with van der Waals surface area (Å²) in [6.45, 7) is 1.30. The van der Waals surface area contributed by atoms with Crippen LogP contribution in [0.1, 0.15) is 22.8 Å². The molecule has 0 saturated carbocycles. The number of aliphatic carboxylic acids is 1. The van der Waals surface area contributed by atoms with Gasteiger partial charge in [0.1, 0.15) is 0 Å². The third-order valence-corrected chi connectivity index (χ3v) is 3.39. The number of anilines is 1. The number of carbonyl (C=O) groups is 2. The van der Waals surface area contributed by atoms with Crippen LogP contribution in [0.5, 0.6) is 11.5 Å². The lowest BCUT2D eigenvalue weighted by molar-refractivity contribution is -0.139. The van der Waals surface area contributed by atoms with Gasteiger partial charge >= 0.3 is 11.9 Å². The van der Waals surface area contributed by atoms with Gasteiger partial charge in [-0.1, -0.05) is 6.07 Å². The number of aromatic carboxylic acids is 1. The molecule has 2 aromatic carbocycles. The van der Waals surface area contributed by atoms with Crippen LogP contribution in [0, 0.1) is 0 Å². The largest absolute Gasteiger partial charge is 0.493 e. The molecule has 0 spiro atoms. The maximum absolute atomic E-state index is 11.0. The minimum absolute atomic E-state index is 0.157. The topological polar surface area (TPSA) is 117 Å². The highest BCUT2D eigenvalue weighted by atomic mass is 16.5. The number of ether oxygens (including phenoxy) is 2. The monoisotopic (exact) mass is 358 g/mol. The molecule has 0 heterocycles. The number of nitrogens with zero attached hydrogens (tertiary/aromatic N) is 1. The Morgan fingerprint density at radius 2 is 1.85 bits per heavy atom. The molecule has 0 aromatic heterocycles. The van der Waals surface area contributed by atoms with E-state index in [0.717, 1.165) is 5.56 Å². The van der Waals surface area contributed by atoms with Gasteiger partial charge in [-0.15, -0.1) is 0 Å². The maximum atomic E-state index is 11.0. The Morgan fingerprint density at radius 1 is 1.08 bits per heavy atom. The highest BCUT2D eigenvalue weighted by Gasteiger charge is 2.09. The fourth-order valence-corrected chi connectivity index (χ4v) is 2.09. The van der Waals surface area contributed by atoms with Crippen LogP contribution in [0.25, 0.3) is 0 Å². The second kappa shape index (κ2) is 8.52. The molecule has 0 atom stereocenters. The van der Waals surface area contributed by atoms with Crippen LogP contribution < -0.4 is 14.9 Å². The summed E-state index contributed by atoms with van der Waals surface area (Å²) in [6.07, 6.45) is 0. The predicted octanol–water partition coefficient (Wildman–Crippen LogP) is 2.69. The zero-order chi connectivity index (χ0) is 19.1. The Bertz CT molecular complexity index is 847. The number of methoxy groups -OCH3 is 1. The molecule has 3 N–H and O–H groups in total. The summed E-state index contributed by atoms with van der Waals surface area (Å²) in [7, 11) is 1.45. The van der Waals surface area contributed by atoms with E-state index in [1.54, 1.807) is 37.3 Å². The van der Waals surface area contributed by atoms with E-state index >= 15 is 0 Å². The quantitative estimate of drug-likeness (QED) is 0.490. The molecule has 0 amide bonds. The number of hydrazone groups is 1. The highest BCUT2D eigenvalue weighted by molar-refractivity contribution is 5.99. The molecule has 0 unspecified atom stereocenters. The van der Waals surface area contributed by atoms with E-state index in [0.29, 0.717) is 22.9 Å². The number of carboxylic acids is 2. The fourth-order valence-electron chi connectivity index (χ4n) is 2.09. The van der Waals surface area contributed by atoms with Gasteiger partial charge in [0.05, 0.1) is 24.1 Å². The summed E-state index contributed by atoms with van der Waals surface area (Å²) in [4.78, 5) is 21.6. The van der Waals surface area contributed by atoms with Crippen LogP contribution in [0.2, 0.25) is 0 Å². The van der Waals surface area contributed by atoms with Crippen molar-refractivity contribution >= 4 is 23.3 Å². The normalized spacial score (nSPS) is 10.9. The van der Waals surface area contributed by atoms with Gasteiger partial charge in [-0.25, -0.2) is 9.59 Å². The molecule has 8 nitrogen and oxygen atoms in total. The molecule has 0 bridgehead atoms. The zero-order valence-corrected chi connectivity index (χ0v) is 14.2. The second-order valence-corrected chi connectivity index (χ2v) is 5.24. The molecular weight excluding hydrogens is 340 g/mol. The molecule has 0 saturated heterocycles. The number of nitrogens with one attached hydrogen (secondary N) is 1. The Morgan fingerprint density at radius 3 is 2.50 bits per heavy atom. The van der Waals surface area contributed by atoms with Gasteiger partial charge in [-0.05, 0) is 43.3 Å². The van der Waals surface area contributed by atoms with E-state index in [1.807, 2.05) is 0 Å². The number of carboxylic acid groups (broad SMARTS) is 2. The van der Waals surface area contributed by atoms with Gasteiger partial charge < -0.3 is 19.7 Å². The lowest BCUT2D eigenvalue weighted by Gasteiger charge is -2.11. The second-order valence-electron chi connectivity index (χ2n) is 5.24. The maximum Gasteiger partial charge on any atom is 0.341 e. The standard InChI is InChI=1S/C18H18N2O6/c1-11(19-20-14-5-3-4-13(8-14)18(23)24)12-6-7-15(16(9-12)25-2)26-10-17(21)22/h3-9,20H,10H2,1-2H3,(H,21,22)(H,23,24)/b19-11+. The van der Waals surface area contributed by atoms with E-state index in [1.165, 1.54) is 19.2 Å². The van der Waals surface area contributed by atoms with E-state index in [-0.39, 0.29) is 5.56 Å². The van der Waals surface area contributed by atoms with Gasteiger partial charge in [0.25, 0.3) is 0 Å². The molecule has 0 aliphatic carbocycles. The number of rotatable bonds is 8. The lowest BCUT2D eigenvalue weighted by atomic mass is 10.1. The molecule has 2 rings (SSSR count). The zero-order valence-electron chi connectivity index (χ0n) is 14.2. The third kappa shape index (κ3) is 4.97. The summed E-state index contributed by atoms with van der Waals surface area (Å²) in [5.41, 5.74) is 4.85. The van der Waals surface area contributed by atoms with Crippen molar-refractivity contribution < 1.29 is 29.3 Å². The molecule has 0 radical (unpaired) electrons. The first-order valence-corrected chi connectivity index (χ1v) is 7.57. The number of hydrogen-bond acceptors (Lipinski definition) is 6. The van der Waals surface area contributed by atoms with Crippen LogP contribution in [0.4, 0.5) is 5.69 Å². The summed E-state index contributed by atoms with van der Waals surface area (Å²) < 4.78 is 10.4. The summed E-state index contributed by atoms with van der Waals surface area (Å²) in [5.74, 6) is -1.41. The summed E-state index contributed by atoms with van der Waals surface area (Å²) >= 11 is 0. The van der Waals surface area contributed by atoms with Gasteiger partial charge in [0, 0.05) is 5.56 Å². The van der Waals surface area contributed by atoms with E-state index in [4.69, 9.17) is 19.7 Å². The molecule has 136 valence electrons. The fraction of sp³-hybridized carbons (Fsp3) is 0.167. The van der Waals surface area contributed by atoms with E-state index in [9.17, 15) is 9.59 Å². The predicted molar refractivity (Wildman–Crippen MR) is 95.4 cm³/mol. The molecule has 2 aromatic rings. The van der Waals surface area contributed by atoms with Crippen LogP contribution in [-0.2, 0) is 4.79 Å². The number of benzene rings is 2. The van der Waals surface area contributed by atoms with Crippen LogP contribution >= 0.6 is 0 Å². The molecule has 0 aliphatic heterocycles. The van der Waals surface area contributed by atoms with Crippen molar-refractivity contribution in [3.05, 3.63) is 53.6 Å². The first kappa shape index (κ1) is 18.8. The lowest BCUT2D eigenvalue weighted by Crippen LogP contribution is -2.10. The molecule has 0 fully saturated rings. The molecule has 8 heteroatoms.